The summed E-state index contributed by atoms with van der Waals surface area (Å²) in [4.78, 5) is 28.8. The van der Waals surface area contributed by atoms with Crippen LogP contribution in [0, 0.1) is 19.8 Å². The number of ether oxygens (including phenoxy) is 1. The number of carbonyl (C=O) groups is 2. The smallest absolute Gasteiger partial charge is 0.261 e. The third-order valence-corrected chi connectivity index (χ3v) is 6.60. The van der Waals surface area contributed by atoms with Gasteiger partial charge < -0.3 is 15.0 Å². The third kappa shape index (κ3) is 7.95. The molecule has 6 heteroatoms. The van der Waals surface area contributed by atoms with E-state index in [4.69, 9.17) is 4.74 Å². The monoisotopic (exact) mass is 550 g/mol. The molecule has 3 rings (SSSR count). The zero-order chi connectivity index (χ0) is 26.1. The second-order valence-electron chi connectivity index (χ2n) is 9.48. The highest BCUT2D eigenvalue weighted by Crippen LogP contribution is 2.22. The molecule has 0 spiro atoms. The summed E-state index contributed by atoms with van der Waals surface area (Å²) < 4.78 is 6.89. The fourth-order valence-corrected chi connectivity index (χ4v) is 4.36. The first kappa shape index (κ1) is 27.5. The summed E-state index contributed by atoms with van der Waals surface area (Å²) in [5.41, 5.74) is 4.02. The number of nitrogens with zero attached hydrogens (tertiary/aromatic N) is 1. The van der Waals surface area contributed by atoms with Crippen LogP contribution >= 0.6 is 15.9 Å². The highest BCUT2D eigenvalue weighted by Gasteiger charge is 2.31. The molecule has 36 heavy (non-hydrogen) atoms. The minimum Gasteiger partial charge on any atom is -0.483 e. The molecule has 3 aromatic rings. The molecule has 0 aromatic heterocycles. The predicted molar refractivity (Wildman–Crippen MR) is 148 cm³/mol. The third-order valence-electron chi connectivity index (χ3n) is 6.10. The van der Waals surface area contributed by atoms with Gasteiger partial charge in [0.2, 0.25) is 5.91 Å². The quantitative estimate of drug-likeness (QED) is 0.325. The van der Waals surface area contributed by atoms with Crippen molar-refractivity contribution in [3.8, 4) is 5.75 Å². The molecule has 3 aromatic carbocycles. The molecule has 1 N–H and O–H groups in total. The van der Waals surface area contributed by atoms with Gasteiger partial charge in [-0.2, -0.15) is 0 Å². The van der Waals surface area contributed by atoms with E-state index in [1.807, 2.05) is 86.6 Å². The number of rotatable bonds is 11. The van der Waals surface area contributed by atoms with E-state index in [-0.39, 0.29) is 18.4 Å². The lowest BCUT2D eigenvalue weighted by Gasteiger charge is -2.32. The van der Waals surface area contributed by atoms with Crippen LogP contribution in [0.15, 0.2) is 77.3 Å². The van der Waals surface area contributed by atoms with Crippen LogP contribution < -0.4 is 10.1 Å². The van der Waals surface area contributed by atoms with E-state index in [1.54, 1.807) is 4.90 Å². The Morgan fingerprint density at radius 3 is 2.33 bits per heavy atom. The lowest BCUT2D eigenvalue weighted by Crippen LogP contribution is -2.52. The molecule has 0 unspecified atom stereocenters. The van der Waals surface area contributed by atoms with E-state index in [0.717, 1.165) is 26.7 Å². The van der Waals surface area contributed by atoms with Crippen LogP contribution in [0.5, 0.6) is 5.75 Å². The van der Waals surface area contributed by atoms with Crippen LogP contribution in [0.3, 0.4) is 0 Å². The number of benzene rings is 3. The molecule has 0 heterocycles. The molecule has 1 atom stereocenters. The van der Waals surface area contributed by atoms with Crippen molar-refractivity contribution in [3.05, 3.63) is 99.5 Å². The molecule has 0 bridgehead atoms. The van der Waals surface area contributed by atoms with E-state index in [0.29, 0.717) is 31.2 Å². The molecular weight excluding hydrogens is 516 g/mol. The maximum absolute atomic E-state index is 13.7. The molecular formula is C30H35BrN2O3. The van der Waals surface area contributed by atoms with Gasteiger partial charge in [0.15, 0.2) is 6.61 Å². The van der Waals surface area contributed by atoms with Crippen LogP contribution in [0.4, 0.5) is 0 Å². The Morgan fingerprint density at radius 1 is 0.944 bits per heavy atom. The zero-order valence-electron chi connectivity index (χ0n) is 21.5. The van der Waals surface area contributed by atoms with Gasteiger partial charge in [-0.1, -0.05) is 84.4 Å². The Bertz CT molecular complexity index is 1160. The van der Waals surface area contributed by atoms with E-state index in [2.05, 4.69) is 35.1 Å². The van der Waals surface area contributed by atoms with Crippen molar-refractivity contribution >= 4 is 27.7 Å². The van der Waals surface area contributed by atoms with Crippen molar-refractivity contribution in [2.45, 2.75) is 46.7 Å². The van der Waals surface area contributed by atoms with Gasteiger partial charge in [-0.05, 0) is 60.2 Å². The summed E-state index contributed by atoms with van der Waals surface area (Å²) in [5.74, 6) is 0.571. The number of amides is 2. The number of carbonyl (C=O) groups excluding carboxylic acids is 2. The highest BCUT2D eigenvalue weighted by molar-refractivity contribution is 9.10. The van der Waals surface area contributed by atoms with Crippen molar-refractivity contribution in [1.82, 2.24) is 10.2 Å². The van der Waals surface area contributed by atoms with Gasteiger partial charge in [-0.15, -0.1) is 0 Å². The Labute approximate surface area is 223 Å². The first-order valence-corrected chi connectivity index (χ1v) is 13.1. The van der Waals surface area contributed by atoms with Crippen molar-refractivity contribution in [1.29, 1.82) is 0 Å². The fourth-order valence-electron chi connectivity index (χ4n) is 3.91. The second-order valence-corrected chi connectivity index (χ2v) is 10.4. The molecule has 0 aliphatic carbocycles. The summed E-state index contributed by atoms with van der Waals surface area (Å²) in [6.07, 6.45) is 0.411. The van der Waals surface area contributed by atoms with Gasteiger partial charge in [0.25, 0.3) is 5.91 Å². The summed E-state index contributed by atoms with van der Waals surface area (Å²) in [6.45, 7) is 8.78. The molecule has 0 fully saturated rings. The molecule has 2 amide bonds. The molecule has 0 saturated heterocycles. The van der Waals surface area contributed by atoms with Gasteiger partial charge in [0.1, 0.15) is 11.8 Å². The Balaban J connectivity index is 1.92. The summed E-state index contributed by atoms with van der Waals surface area (Å²) in [5, 5.41) is 3.04. The fraction of sp³-hybridized carbons (Fsp3) is 0.333. The highest BCUT2D eigenvalue weighted by atomic mass is 79.9. The zero-order valence-corrected chi connectivity index (χ0v) is 23.0. The van der Waals surface area contributed by atoms with Crippen LogP contribution in [0.2, 0.25) is 0 Å². The first-order chi connectivity index (χ1) is 17.2. The van der Waals surface area contributed by atoms with Crippen LogP contribution in [0.25, 0.3) is 0 Å². The minimum absolute atomic E-state index is 0.152. The molecule has 0 aliphatic heterocycles. The Morgan fingerprint density at radius 2 is 1.64 bits per heavy atom. The Kier molecular flexibility index (Phi) is 10.1. The normalized spacial score (nSPS) is 11.7. The largest absolute Gasteiger partial charge is 0.483 e. The van der Waals surface area contributed by atoms with Crippen molar-refractivity contribution in [2.24, 2.45) is 5.92 Å². The van der Waals surface area contributed by atoms with Crippen molar-refractivity contribution in [2.75, 3.05) is 13.2 Å². The summed E-state index contributed by atoms with van der Waals surface area (Å²) in [7, 11) is 0. The van der Waals surface area contributed by atoms with E-state index in [9.17, 15) is 9.59 Å². The molecule has 0 saturated carbocycles. The van der Waals surface area contributed by atoms with Crippen molar-refractivity contribution in [3.63, 3.8) is 0 Å². The SMILES string of the molecule is Cc1cccc(OCC(=O)N(Cc2cccc(Br)c2)[C@@H](Cc2ccccc2)C(=O)NCC(C)C)c1C. The van der Waals surface area contributed by atoms with Crippen LogP contribution in [0.1, 0.15) is 36.1 Å². The topological polar surface area (TPSA) is 58.6 Å². The summed E-state index contributed by atoms with van der Waals surface area (Å²) in [6, 6.07) is 22.7. The number of hydrogen-bond acceptors (Lipinski definition) is 3. The van der Waals surface area contributed by atoms with Crippen molar-refractivity contribution < 1.29 is 14.3 Å². The number of nitrogens with one attached hydrogen (secondary N) is 1. The van der Waals surface area contributed by atoms with Gasteiger partial charge in [-0.25, -0.2) is 0 Å². The minimum atomic E-state index is -0.681. The van der Waals surface area contributed by atoms with E-state index >= 15 is 0 Å². The van der Waals surface area contributed by atoms with Gasteiger partial charge >= 0.3 is 0 Å². The average Bonchev–Trinajstić information content (AvgIpc) is 2.86. The molecule has 0 radical (unpaired) electrons. The van der Waals surface area contributed by atoms with E-state index < -0.39 is 6.04 Å². The lowest BCUT2D eigenvalue weighted by molar-refractivity contribution is -0.142. The molecule has 5 nitrogen and oxygen atoms in total. The Hall–Kier alpha value is -3.12. The van der Waals surface area contributed by atoms with E-state index in [1.165, 1.54) is 0 Å². The molecule has 0 aliphatic rings. The van der Waals surface area contributed by atoms with Gasteiger partial charge in [-0.3, -0.25) is 9.59 Å². The lowest BCUT2D eigenvalue weighted by atomic mass is 10.0. The maximum Gasteiger partial charge on any atom is 0.261 e. The number of halogens is 1. The number of aryl methyl sites for hydroxylation is 1. The van der Waals surface area contributed by atoms with Crippen LogP contribution in [-0.2, 0) is 22.6 Å². The van der Waals surface area contributed by atoms with Gasteiger partial charge in [0, 0.05) is 24.0 Å². The standard InChI is InChI=1S/C30H35BrN2O3/c1-21(2)18-32-30(35)27(17-24-11-6-5-7-12-24)33(19-25-13-9-14-26(31)16-25)29(34)20-36-28-15-8-10-22(3)23(28)4/h5-16,21,27H,17-20H2,1-4H3,(H,32,35)/t27-/m0/s1. The molecule has 190 valence electrons. The second kappa shape index (κ2) is 13.3. The predicted octanol–water partition coefficient (Wildman–Crippen LogP) is 5.86. The number of hydrogen-bond donors (Lipinski definition) is 1. The maximum atomic E-state index is 13.7. The first-order valence-electron chi connectivity index (χ1n) is 12.3. The average molecular weight is 552 g/mol. The van der Waals surface area contributed by atoms with Crippen LogP contribution in [-0.4, -0.2) is 35.9 Å². The summed E-state index contributed by atoms with van der Waals surface area (Å²) >= 11 is 3.52. The van der Waals surface area contributed by atoms with Gasteiger partial charge in [0.05, 0.1) is 0 Å².